The van der Waals surface area contributed by atoms with Gasteiger partial charge in [0.25, 0.3) is 6.01 Å². The van der Waals surface area contributed by atoms with E-state index in [4.69, 9.17) is 30.5 Å². The predicted octanol–water partition coefficient (Wildman–Crippen LogP) is 3.49. The van der Waals surface area contributed by atoms with Gasteiger partial charge in [0.05, 0.1) is 41.8 Å². The predicted molar refractivity (Wildman–Crippen MR) is 121 cm³/mol. The van der Waals surface area contributed by atoms with Crippen LogP contribution in [0.3, 0.4) is 0 Å². The molecule has 2 saturated heterocycles. The van der Waals surface area contributed by atoms with Crippen molar-refractivity contribution in [3.05, 3.63) is 54.1 Å². The summed E-state index contributed by atoms with van der Waals surface area (Å²) < 4.78 is 25.3. The van der Waals surface area contributed by atoms with Gasteiger partial charge >= 0.3 is 0 Å². The number of rotatable bonds is 7. The summed E-state index contributed by atoms with van der Waals surface area (Å²) in [5, 5.41) is 0.523. The van der Waals surface area contributed by atoms with Gasteiger partial charge in [-0.25, -0.2) is 9.97 Å². The average Bonchev–Trinajstić information content (AvgIpc) is 3.60. The topological polar surface area (TPSA) is 96.3 Å². The lowest BCUT2D eigenvalue weighted by atomic mass is 10.1. The van der Waals surface area contributed by atoms with Crippen molar-refractivity contribution in [1.82, 2.24) is 24.5 Å². The van der Waals surface area contributed by atoms with Crippen molar-refractivity contribution in [3.8, 4) is 23.0 Å². The number of ether oxygens (including phenoxy) is 4. The lowest BCUT2D eigenvalue weighted by Crippen LogP contribution is -2.32. The number of nitrogens with one attached hydrogen (secondary N) is 1. The number of aromatic nitrogens is 5. The fourth-order valence-corrected chi connectivity index (χ4v) is 4.49. The highest BCUT2D eigenvalue weighted by molar-refractivity contribution is 6.33. The van der Waals surface area contributed by atoms with Gasteiger partial charge in [-0.05, 0) is 36.8 Å². The third kappa shape index (κ3) is 4.15. The van der Waals surface area contributed by atoms with Gasteiger partial charge in [-0.3, -0.25) is 0 Å². The molecule has 0 bridgehead atoms. The number of fused-ring (bicyclic) bond motifs is 2. The van der Waals surface area contributed by atoms with E-state index in [1.54, 1.807) is 12.5 Å². The normalized spacial score (nSPS) is 22.0. The van der Waals surface area contributed by atoms with Crippen molar-refractivity contribution in [2.75, 3.05) is 19.8 Å². The van der Waals surface area contributed by atoms with E-state index < -0.39 is 0 Å². The Balaban J connectivity index is 1.16. The molecule has 33 heavy (non-hydrogen) atoms. The smallest absolute Gasteiger partial charge is 0.296 e. The second-order valence-electron chi connectivity index (χ2n) is 8.06. The summed E-state index contributed by atoms with van der Waals surface area (Å²) in [4.78, 5) is 16.3. The highest BCUT2D eigenvalue weighted by Crippen LogP contribution is 2.32. The number of aromatic amines is 1. The second kappa shape index (κ2) is 8.66. The first-order valence-electron chi connectivity index (χ1n) is 10.9. The molecule has 0 aliphatic carbocycles. The fraction of sp³-hybridized carbons (Fsp3) is 0.348. The van der Waals surface area contributed by atoms with Crippen LogP contribution in [0.15, 0.2) is 49.1 Å². The zero-order valence-electron chi connectivity index (χ0n) is 17.7. The zero-order chi connectivity index (χ0) is 22.2. The molecule has 4 aromatic rings. The minimum absolute atomic E-state index is 0.0500. The molecule has 1 aromatic carbocycles. The summed E-state index contributed by atoms with van der Waals surface area (Å²) in [5.74, 6) is 0.776. The number of benzene rings is 1. The second-order valence-corrected chi connectivity index (χ2v) is 8.46. The Morgan fingerprint density at radius 3 is 2.94 bits per heavy atom. The quantitative estimate of drug-likeness (QED) is 0.444. The molecule has 0 radical (unpaired) electrons. The number of imidazole rings is 2. The van der Waals surface area contributed by atoms with Gasteiger partial charge in [0.1, 0.15) is 18.5 Å². The van der Waals surface area contributed by atoms with Crippen LogP contribution in [0, 0.1) is 0 Å². The molecule has 10 heteroatoms. The van der Waals surface area contributed by atoms with Crippen LogP contribution < -0.4 is 9.47 Å². The molecule has 5 heterocycles. The zero-order valence-corrected chi connectivity index (χ0v) is 18.4. The van der Waals surface area contributed by atoms with Crippen molar-refractivity contribution in [2.45, 2.75) is 31.3 Å². The first kappa shape index (κ1) is 20.5. The van der Waals surface area contributed by atoms with E-state index in [2.05, 4.69) is 19.9 Å². The minimum atomic E-state index is -0.186. The number of nitrogens with zero attached hydrogens (tertiary/aromatic N) is 4. The summed E-state index contributed by atoms with van der Waals surface area (Å²) in [5.41, 5.74) is 2.77. The van der Waals surface area contributed by atoms with Crippen molar-refractivity contribution < 1.29 is 18.9 Å². The van der Waals surface area contributed by atoms with Crippen molar-refractivity contribution in [2.24, 2.45) is 0 Å². The van der Waals surface area contributed by atoms with Crippen LogP contribution in [0.1, 0.15) is 6.42 Å². The third-order valence-electron chi connectivity index (χ3n) is 5.89. The molecule has 3 atom stereocenters. The Morgan fingerprint density at radius 1 is 1.18 bits per heavy atom. The molecular weight excluding hydrogens is 446 g/mol. The van der Waals surface area contributed by atoms with Gasteiger partial charge in [0, 0.05) is 24.6 Å². The molecule has 2 fully saturated rings. The molecule has 3 aromatic heterocycles. The number of pyridine rings is 1. The average molecular weight is 468 g/mol. The maximum Gasteiger partial charge on any atom is 0.296 e. The van der Waals surface area contributed by atoms with E-state index in [0.29, 0.717) is 47.7 Å². The number of H-pyrrole nitrogens is 1. The van der Waals surface area contributed by atoms with Gasteiger partial charge in [-0.15, -0.1) is 0 Å². The van der Waals surface area contributed by atoms with Crippen LogP contribution in [0.5, 0.6) is 11.8 Å². The van der Waals surface area contributed by atoms with Gasteiger partial charge in [-0.1, -0.05) is 11.6 Å². The Bertz CT molecular complexity index is 1240. The molecule has 0 amide bonds. The maximum absolute atomic E-state index is 6.54. The summed E-state index contributed by atoms with van der Waals surface area (Å²) in [6, 6.07) is 9.88. The summed E-state index contributed by atoms with van der Waals surface area (Å²) in [6.45, 7) is 2.47. The van der Waals surface area contributed by atoms with Crippen LogP contribution in [-0.4, -0.2) is 62.6 Å². The van der Waals surface area contributed by atoms with Crippen LogP contribution in [0.2, 0.25) is 5.02 Å². The monoisotopic (exact) mass is 467 g/mol. The van der Waals surface area contributed by atoms with E-state index in [-0.39, 0.29) is 18.3 Å². The van der Waals surface area contributed by atoms with Crippen molar-refractivity contribution in [3.63, 3.8) is 0 Å². The first-order chi connectivity index (χ1) is 16.2. The largest absolute Gasteiger partial charge is 0.492 e. The Hall–Kier alpha value is -3.14. The van der Waals surface area contributed by atoms with Crippen molar-refractivity contribution in [1.29, 1.82) is 0 Å². The van der Waals surface area contributed by atoms with Crippen LogP contribution in [0.4, 0.5) is 0 Å². The lowest BCUT2D eigenvalue weighted by molar-refractivity contribution is 0.0273. The Morgan fingerprint density at radius 2 is 2.09 bits per heavy atom. The first-order valence-corrected chi connectivity index (χ1v) is 11.3. The van der Waals surface area contributed by atoms with Crippen LogP contribution >= 0.6 is 11.6 Å². The highest BCUT2D eigenvalue weighted by Gasteiger charge is 2.43. The van der Waals surface area contributed by atoms with Crippen molar-refractivity contribution >= 4 is 22.8 Å². The van der Waals surface area contributed by atoms with Crippen LogP contribution in [-0.2, 0) is 16.0 Å². The van der Waals surface area contributed by atoms with Gasteiger partial charge in [0.15, 0.2) is 11.8 Å². The molecule has 170 valence electrons. The van der Waals surface area contributed by atoms with E-state index in [9.17, 15) is 0 Å². The molecule has 0 saturated carbocycles. The van der Waals surface area contributed by atoms with Gasteiger partial charge < -0.3 is 28.5 Å². The Kier molecular flexibility index (Phi) is 5.37. The van der Waals surface area contributed by atoms with Gasteiger partial charge in [0.2, 0.25) is 0 Å². The molecule has 0 spiro atoms. The molecule has 6 rings (SSSR count). The van der Waals surface area contributed by atoms with E-state index in [0.717, 1.165) is 24.3 Å². The lowest BCUT2D eigenvalue weighted by Gasteiger charge is -2.15. The number of halogens is 1. The molecule has 9 nitrogen and oxygen atoms in total. The Labute approximate surface area is 194 Å². The third-order valence-corrected chi connectivity index (χ3v) is 6.18. The van der Waals surface area contributed by atoms with E-state index in [1.165, 1.54) is 0 Å². The highest BCUT2D eigenvalue weighted by atomic mass is 35.5. The standard InChI is InChI=1S/C23H22ClN5O4/c24-16-11-17-22(28-23(26-17)33-19-12-32-18-5-9-31-21(18)19)27-20(16)14-1-3-15(4-2-14)30-10-8-29-7-6-25-13-29/h1-4,6-7,11,13,18-19,21H,5,8-10,12H2,(H,26,27,28)/t18-,19-,21+/m1/s1. The maximum atomic E-state index is 6.54. The van der Waals surface area contributed by atoms with Gasteiger partial charge in [-0.2, -0.15) is 4.98 Å². The molecule has 2 aliphatic rings. The summed E-state index contributed by atoms with van der Waals surface area (Å²) in [7, 11) is 0. The number of hydrogen-bond donors (Lipinski definition) is 1. The summed E-state index contributed by atoms with van der Waals surface area (Å²) >= 11 is 6.54. The van der Waals surface area contributed by atoms with E-state index in [1.807, 2.05) is 41.1 Å². The van der Waals surface area contributed by atoms with Crippen LogP contribution in [0.25, 0.3) is 22.4 Å². The summed E-state index contributed by atoms with van der Waals surface area (Å²) in [6.07, 6.45) is 6.20. The SMILES string of the molecule is Clc1cc2[nH]c(O[C@@H]3CO[C@@H]4CCO[C@@H]43)nc2nc1-c1ccc(OCCn2ccnc2)cc1. The number of hydrogen-bond acceptors (Lipinski definition) is 7. The fourth-order valence-electron chi connectivity index (χ4n) is 4.23. The molecule has 1 N–H and O–H groups in total. The minimum Gasteiger partial charge on any atom is -0.492 e. The molecular formula is C23H22ClN5O4. The molecule has 0 unspecified atom stereocenters. The van der Waals surface area contributed by atoms with E-state index >= 15 is 0 Å². The molecule has 2 aliphatic heterocycles.